The molecule has 3 nitrogen and oxygen atoms in total. The molecule has 1 saturated heterocycles. The monoisotopic (exact) mass is 278 g/mol. The summed E-state index contributed by atoms with van der Waals surface area (Å²) < 4.78 is 11.3. The molecule has 1 aromatic rings. The minimum atomic E-state index is -0.832. The molecular weight excluding hydrogens is 252 g/mol. The fourth-order valence-electron chi connectivity index (χ4n) is 3.35. The Balaban J connectivity index is 2.38. The predicted octanol–water partition coefficient (Wildman–Crippen LogP) is 3.48. The van der Waals surface area contributed by atoms with Crippen LogP contribution in [0, 0.1) is 13.8 Å². The second-order valence-electron chi connectivity index (χ2n) is 5.93. The Morgan fingerprint density at radius 1 is 1.40 bits per heavy atom. The van der Waals surface area contributed by atoms with Crippen LogP contribution in [0.4, 0.5) is 0 Å². The molecule has 0 amide bonds. The lowest BCUT2D eigenvalue weighted by atomic mass is 9.80. The smallest absolute Gasteiger partial charge is 0.125 e. The Kier molecular flexibility index (Phi) is 4.71. The van der Waals surface area contributed by atoms with E-state index in [1.165, 1.54) is 0 Å². The number of aryl methyl sites for hydroxylation is 2. The van der Waals surface area contributed by atoms with Crippen molar-refractivity contribution in [1.82, 2.24) is 0 Å². The van der Waals surface area contributed by atoms with Gasteiger partial charge < -0.3 is 14.6 Å². The van der Waals surface area contributed by atoms with E-state index in [2.05, 4.69) is 13.0 Å². The van der Waals surface area contributed by atoms with Crippen molar-refractivity contribution in [2.24, 2.45) is 0 Å². The van der Waals surface area contributed by atoms with Crippen LogP contribution in [0.5, 0.6) is 5.75 Å². The van der Waals surface area contributed by atoms with Crippen molar-refractivity contribution in [3.63, 3.8) is 0 Å². The SMILES string of the molecule is CCCC1CC(O)(c2c(C)cc(C)cc2OC)CCO1. The maximum absolute atomic E-state index is 11.2. The molecule has 0 radical (unpaired) electrons. The maximum Gasteiger partial charge on any atom is 0.125 e. The number of methoxy groups -OCH3 is 1. The van der Waals surface area contributed by atoms with Gasteiger partial charge in [-0.1, -0.05) is 19.4 Å². The minimum Gasteiger partial charge on any atom is -0.496 e. The molecule has 0 aromatic heterocycles. The van der Waals surface area contributed by atoms with Crippen LogP contribution in [-0.2, 0) is 10.3 Å². The molecule has 0 bridgehead atoms. The molecule has 2 rings (SSSR count). The van der Waals surface area contributed by atoms with E-state index in [4.69, 9.17) is 9.47 Å². The molecule has 2 unspecified atom stereocenters. The third-order valence-electron chi connectivity index (χ3n) is 4.17. The number of benzene rings is 1. The first-order valence-electron chi connectivity index (χ1n) is 7.50. The van der Waals surface area contributed by atoms with Crippen LogP contribution in [0.25, 0.3) is 0 Å². The van der Waals surface area contributed by atoms with Crippen LogP contribution < -0.4 is 4.74 Å². The molecule has 0 aliphatic carbocycles. The highest BCUT2D eigenvalue weighted by Gasteiger charge is 2.39. The van der Waals surface area contributed by atoms with Crippen LogP contribution in [-0.4, -0.2) is 24.9 Å². The molecule has 0 saturated carbocycles. The standard InChI is InChI=1S/C17H26O3/c1-5-6-14-11-17(18,7-8-20-14)16-13(3)9-12(2)10-15(16)19-4/h9-10,14,18H,5-8,11H2,1-4H3. The number of hydrogen-bond acceptors (Lipinski definition) is 3. The van der Waals surface area contributed by atoms with Gasteiger partial charge in [-0.15, -0.1) is 0 Å². The predicted molar refractivity (Wildman–Crippen MR) is 80.2 cm³/mol. The van der Waals surface area contributed by atoms with Gasteiger partial charge in [0.1, 0.15) is 5.75 Å². The first-order valence-corrected chi connectivity index (χ1v) is 7.50. The first-order chi connectivity index (χ1) is 9.50. The highest BCUT2D eigenvalue weighted by molar-refractivity contribution is 5.46. The minimum absolute atomic E-state index is 0.143. The van der Waals surface area contributed by atoms with E-state index in [9.17, 15) is 5.11 Å². The van der Waals surface area contributed by atoms with Gasteiger partial charge >= 0.3 is 0 Å². The zero-order valence-corrected chi connectivity index (χ0v) is 13.0. The van der Waals surface area contributed by atoms with Gasteiger partial charge in [0.25, 0.3) is 0 Å². The summed E-state index contributed by atoms with van der Waals surface area (Å²) >= 11 is 0. The van der Waals surface area contributed by atoms with Crippen molar-refractivity contribution in [1.29, 1.82) is 0 Å². The summed E-state index contributed by atoms with van der Waals surface area (Å²) in [7, 11) is 1.67. The maximum atomic E-state index is 11.2. The molecule has 1 aliphatic heterocycles. The van der Waals surface area contributed by atoms with Crippen LogP contribution in [0.15, 0.2) is 12.1 Å². The molecular formula is C17H26O3. The van der Waals surface area contributed by atoms with E-state index >= 15 is 0 Å². The molecule has 3 heteroatoms. The van der Waals surface area contributed by atoms with Gasteiger partial charge in [0.05, 0.1) is 25.4 Å². The Morgan fingerprint density at radius 3 is 2.80 bits per heavy atom. The summed E-state index contributed by atoms with van der Waals surface area (Å²) in [6, 6.07) is 4.12. The van der Waals surface area contributed by atoms with Gasteiger partial charge in [-0.05, 0) is 37.5 Å². The van der Waals surface area contributed by atoms with Gasteiger partial charge in [0.2, 0.25) is 0 Å². The summed E-state index contributed by atoms with van der Waals surface area (Å²) in [6.07, 6.45) is 3.50. The van der Waals surface area contributed by atoms with Crippen molar-refractivity contribution >= 4 is 0 Å². The molecule has 1 N–H and O–H groups in total. The van der Waals surface area contributed by atoms with E-state index < -0.39 is 5.60 Å². The van der Waals surface area contributed by atoms with E-state index in [1.54, 1.807) is 7.11 Å². The third-order valence-corrected chi connectivity index (χ3v) is 4.17. The Hall–Kier alpha value is -1.06. The number of rotatable bonds is 4. The van der Waals surface area contributed by atoms with Crippen LogP contribution in [0.3, 0.4) is 0 Å². The largest absolute Gasteiger partial charge is 0.496 e. The molecule has 1 heterocycles. The summed E-state index contributed by atoms with van der Waals surface area (Å²) in [6.45, 7) is 6.85. The van der Waals surface area contributed by atoms with E-state index in [0.717, 1.165) is 35.3 Å². The lowest BCUT2D eigenvalue weighted by Gasteiger charge is -2.39. The highest BCUT2D eigenvalue weighted by Crippen LogP contribution is 2.42. The zero-order chi connectivity index (χ0) is 14.8. The van der Waals surface area contributed by atoms with Gasteiger partial charge in [-0.3, -0.25) is 0 Å². The Morgan fingerprint density at radius 2 is 2.15 bits per heavy atom. The lowest BCUT2D eigenvalue weighted by molar-refractivity contribution is -0.111. The van der Waals surface area contributed by atoms with Crippen molar-refractivity contribution in [3.8, 4) is 5.75 Å². The van der Waals surface area contributed by atoms with Crippen LogP contribution in [0.2, 0.25) is 0 Å². The molecule has 1 fully saturated rings. The van der Waals surface area contributed by atoms with Gasteiger partial charge in [-0.25, -0.2) is 0 Å². The van der Waals surface area contributed by atoms with Crippen molar-refractivity contribution in [3.05, 3.63) is 28.8 Å². The van der Waals surface area contributed by atoms with Crippen LogP contribution >= 0.6 is 0 Å². The Labute approximate surface area is 121 Å². The summed E-state index contributed by atoms with van der Waals surface area (Å²) in [5, 5.41) is 11.2. The Bertz CT molecular complexity index is 468. The second kappa shape index (κ2) is 6.15. The van der Waals surface area contributed by atoms with Crippen molar-refractivity contribution in [2.45, 2.75) is 58.2 Å². The zero-order valence-electron chi connectivity index (χ0n) is 13.0. The summed E-state index contributed by atoms with van der Waals surface area (Å²) in [5.74, 6) is 0.794. The van der Waals surface area contributed by atoms with Crippen molar-refractivity contribution < 1.29 is 14.6 Å². The first kappa shape index (κ1) is 15.3. The topological polar surface area (TPSA) is 38.7 Å². The molecule has 1 aromatic carbocycles. The van der Waals surface area contributed by atoms with E-state index in [-0.39, 0.29) is 6.10 Å². The molecule has 1 aliphatic rings. The average Bonchev–Trinajstić information content (AvgIpc) is 2.37. The van der Waals surface area contributed by atoms with Gasteiger partial charge in [0.15, 0.2) is 0 Å². The van der Waals surface area contributed by atoms with Crippen molar-refractivity contribution in [2.75, 3.05) is 13.7 Å². The number of ether oxygens (including phenoxy) is 2. The fourth-order valence-corrected chi connectivity index (χ4v) is 3.35. The lowest BCUT2D eigenvalue weighted by Crippen LogP contribution is -2.39. The van der Waals surface area contributed by atoms with E-state index in [0.29, 0.717) is 19.4 Å². The van der Waals surface area contributed by atoms with Crippen LogP contribution in [0.1, 0.15) is 49.3 Å². The molecule has 112 valence electrons. The average molecular weight is 278 g/mol. The number of hydrogen-bond donors (Lipinski definition) is 1. The van der Waals surface area contributed by atoms with Gasteiger partial charge in [0, 0.05) is 18.4 Å². The molecule has 20 heavy (non-hydrogen) atoms. The summed E-state index contributed by atoms with van der Waals surface area (Å²) in [5.41, 5.74) is 2.36. The highest BCUT2D eigenvalue weighted by atomic mass is 16.5. The molecule has 0 spiro atoms. The third kappa shape index (κ3) is 2.99. The quantitative estimate of drug-likeness (QED) is 0.916. The van der Waals surface area contributed by atoms with E-state index in [1.807, 2.05) is 19.9 Å². The number of aliphatic hydroxyl groups is 1. The second-order valence-corrected chi connectivity index (χ2v) is 5.93. The summed E-state index contributed by atoms with van der Waals surface area (Å²) in [4.78, 5) is 0. The normalized spacial score (nSPS) is 26.6. The fraction of sp³-hybridized carbons (Fsp3) is 0.647. The molecule has 2 atom stereocenters. The van der Waals surface area contributed by atoms with Gasteiger partial charge in [-0.2, -0.15) is 0 Å².